The molecule has 1 amide bonds. The largest absolute Gasteiger partial charge is 0.417 e. The SMILES string of the molecule is O=C(NCCc1ccc2[nH]c(=O)oc2c1)C1CCC1. The van der Waals surface area contributed by atoms with E-state index in [1.54, 1.807) is 0 Å². The quantitative estimate of drug-likeness (QED) is 0.876. The van der Waals surface area contributed by atoms with Gasteiger partial charge in [-0.2, -0.15) is 0 Å². The highest BCUT2D eigenvalue weighted by Crippen LogP contribution is 2.26. The Balaban J connectivity index is 1.58. The Bertz CT molecular complexity index is 652. The smallest absolute Gasteiger partial charge is 0.408 e. The Morgan fingerprint density at radius 3 is 3.00 bits per heavy atom. The van der Waals surface area contributed by atoms with Gasteiger partial charge in [-0.3, -0.25) is 9.78 Å². The zero-order valence-corrected chi connectivity index (χ0v) is 10.6. The van der Waals surface area contributed by atoms with Crippen molar-refractivity contribution in [2.24, 2.45) is 5.92 Å². The standard InChI is InChI=1S/C14H16N2O3/c17-13(10-2-1-3-10)15-7-6-9-4-5-11-12(8-9)19-14(18)16-11/h4-5,8,10H,1-3,6-7H2,(H,15,17)(H,16,18). The van der Waals surface area contributed by atoms with Crippen LogP contribution in [0.25, 0.3) is 11.1 Å². The van der Waals surface area contributed by atoms with Gasteiger partial charge in [0.25, 0.3) is 0 Å². The third kappa shape index (κ3) is 2.54. The van der Waals surface area contributed by atoms with E-state index >= 15 is 0 Å². The Morgan fingerprint density at radius 1 is 1.42 bits per heavy atom. The number of hydrogen-bond donors (Lipinski definition) is 2. The lowest BCUT2D eigenvalue weighted by Gasteiger charge is -2.23. The van der Waals surface area contributed by atoms with Crippen LogP contribution in [0.3, 0.4) is 0 Å². The molecule has 1 heterocycles. The van der Waals surface area contributed by atoms with Gasteiger partial charge in [-0.1, -0.05) is 12.5 Å². The highest BCUT2D eigenvalue weighted by atomic mass is 16.4. The first-order chi connectivity index (χ1) is 9.22. The summed E-state index contributed by atoms with van der Waals surface area (Å²) >= 11 is 0. The molecule has 1 saturated carbocycles. The molecule has 1 aliphatic rings. The van der Waals surface area contributed by atoms with E-state index in [9.17, 15) is 9.59 Å². The summed E-state index contributed by atoms with van der Waals surface area (Å²) in [7, 11) is 0. The molecule has 0 unspecified atom stereocenters. The average Bonchev–Trinajstić information content (AvgIpc) is 2.66. The number of hydrogen-bond acceptors (Lipinski definition) is 3. The number of nitrogens with one attached hydrogen (secondary N) is 2. The molecule has 1 aromatic carbocycles. The summed E-state index contributed by atoms with van der Waals surface area (Å²) in [6.07, 6.45) is 3.95. The van der Waals surface area contributed by atoms with E-state index in [4.69, 9.17) is 4.42 Å². The van der Waals surface area contributed by atoms with Gasteiger partial charge in [-0.15, -0.1) is 0 Å². The predicted octanol–water partition coefficient (Wildman–Crippen LogP) is 1.58. The van der Waals surface area contributed by atoms with E-state index in [0.717, 1.165) is 24.8 Å². The number of rotatable bonds is 4. The molecule has 1 aliphatic carbocycles. The lowest BCUT2D eigenvalue weighted by Crippen LogP contribution is -2.35. The number of aromatic nitrogens is 1. The zero-order chi connectivity index (χ0) is 13.2. The van der Waals surface area contributed by atoms with Crippen molar-refractivity contribution in [1.82, 2.24) is 10.3 Å². The van der Waals surface area contributed by atoms with E-state index in [1.165, 1.54) is 6.42 Å². The maximum absolute atomic E-state index is 11.7. The second-order valence-electron chi connectivity index (χ2n) is 5.01. The summed E-state index contributed by atoms with van der Waals surface area (Å²) < 4.78 is 5.00. The fourth-order valence-corrected chi connectivity index (χ4v) is 2.29. The van der Waals surface area contributed by atoms with E-state index in [-0.39, 0.29) is 11.8 Å². The van der Waals surface area contributed by atoms with Gasteiger partial charge in [0.15, 0.2) is 5.58 Å². The summed E-state index contributed by atoms with van der Waals surface area (Å²) in [5.74, 6) is -0.0453. The Hall–Kier alpha value is -2.04. The molecule has 0 bridgehead atoms. The topological polar surface area (TPSA) is 75.1 Å². The van der Waals surface area contributed by atoms with Crippen molar-refractivity contribution in [3.8, 4) is 0 Å². The third-order valence-corrected chi connectivity index (χ3v) is 3.67. The van der Waals surface area contributed by atoms with Crippen LogP contribution in [0.5, 0.6) is 0 Å². The van der Waals surface area contributed by atoms with Crippen LogP contribution in [0.1, 0.15) is 24.8 Å². The molecule has 0 radical (unpaired) electrons. The normalized spacial score (nSPS) is 15.4. The highest BCUT2D eigenvalue weighted by Gasteiger charge is 2.24. The first-order valence-electron chi connectivity index (χ1n) is 6.62. The van der Waals surface area contributed by atoms with Crippen LogP contribution < -0.4 is 11.1 Å². The molecule has 100 valence electrons. The lowest BCUT2D eigenvalue weighted by atomic mass is 9.85. The van der Waals surface area contributed by atoms with Crippen LogP contribution in [0.4, 0.5) is 0 Å². The minimum atomic E-state index is -0.439. The summed E-state index contributed by atoms with van der Waals surface area (Å²) in [4.78, 5) is 25.3. The molecule has 5 nitrogen and oxygen atoms in total. The predicted molar refractivity (Wildman–Crippen MR) is 70.9 cm³/mol. The lowest BCUT2D eigenvalue weighted by molar-refractivity contribution is -0.127. The summed E-state index contributed by atoms with van der Waals surface area (Å²) in [5, 5.41) is 2.95. The summed E-state index contributed by atoms with van der Waals surface area (Å²) in [5.41, 5.74) is 2.31. The highest BCUT2D eigenvalue weighted by molar-refractivity contribution is 5.79. The van der Waals surface area contributed by atoms with E-state index < -0.39 is 5.76 Å². The number of H-pyrrole nitrogens is 1. The number of aromatic amines is 1. The number of carbonyl (C=O) groups is 1. The maximum atomic E-state index is 11.7. The van der Waals surface area contributed by atoms with Crippen LogP contribution in [0.15, 0.2) is 27.4 Å². The van der Waals surface area contributed by atoms with Gasteiger partial charge in [-0.25, -0.2) is 4.79 Å². The second-order valence-corrected chi connectivity index (χ2v) is 5.01. The van der Waals surface area contributed by atoms with Crippen molar-refractivity contribution >= 4 is 17.0 Å². The van der Waals surface area contributed by atoms with Crippen molar-refractivity contribution in [2.45, 2.75) is 25.7 Å². The van der Waals surface area contributed by atoms with Crippen molar-refractivity contribution in [3.05, 3.63) is 34.3 Å². The zero-order valence-electron chi connectivity index (χ0n) is 10.6. The maximum Gasteiger partial charge on any atom is 0.417 e. The molecule has 0 saturated heterocycles. The number of benzene rings is 1. The van der Waals surface area contributed by atoms with Crippen molar-refractivity contribution in [3.63, 3.8) is 0 Å². The molecule has 1 fully saturated rings. The molecule has 0 spiro atoms. The van der Waals surface area contributed by atoms with E-state index in [2.05, 4.69) is 10.3 Å². The van der Waals surface area contributed by atoms with Crippen LogP contribution in [-0.4, -0.2) is 17.4 Å². The molecule has 1 aromatic heterocycles. The fourth-order valence-electron chi connectivity index (χ4n) is 2.29. The number of fused-ring (bicyclic) bond motifs is 1. The molecule has 0 aliphatic heterocycles. The molecule has 2 aromatic rings. The number of carbonyl (C=O) groups excluding carboxylic acids is 1. The number of oxazole rings is 1. The molecule has 19 heavy (non-hydrogen) atoms. The third-order valence-electron chi connectivity index (χ3n) is 3.67. The fraction of sp³-hybridized carbons (Fsp3) is 0.429. The first kappa shape index (κ1) is 12.0. The monoisotopic (exact) mass is 260 g/mol. The molecule has 5 heteroatoms. The molecule has 3 rings (SSSR count). The van der Waals surface area contributed by atoms with Gasteiger partial charge in [0.05, 0.1) is 5.52 Å². The van der Waals surface area contributed by atoms with Gasteiger partial charge in [0.2, 0.25) is 5.91 Å². The van der Waals surface area contributed by atoms with Crippen LogP contribution in [-0.2, 0) is 11.2 Å². The van der Waals surface area contributed by atoms with Crippen molar-refractivity contribution in [2.75, 3.05) is 6.54 Å². The Kier molecular flexibility index (Phi) is 3.11. The summed E-state index contributed by atoms with van der Waals surface area (Å²) in [6.45, 7) is 0.621. The minimum Gasteiger partial charge on any atom is -0.408 e. The van der Waals surface area contributed by atoms with Gasteiger partial charge < -0.3 is 9.73 Å². The van der Waals surface area contributed by atoms with E-state index in [1.807, 2.05) is 18.2 Å². The van der Waals surface area contributed by atoms with Gasteiger partial charge in [0.1, 0.15) is 0 Å². The number of amides is 1. The average molecular weight is 260 g/mol. The molecular weight excluding hydrogens is 244 g/mol. The minimum absolute atomic E-state index is 0.167. The molecular formula is C14H16N2O3. The van der Waals surface area contributed by atoms with Crippen molar-refractivity contribution in [1.29, 1.82) is 0 Å². The van der Waals surface area contributed by atoms with Gasteiger partial charge in [0, 0.05) is 12.5 Å². The Morgan fingerprint density at radius 2 is 2.26 bits per heavy atom. The second kappa shape index (κ2) is 4.91. The summed E-state index contributed by atoms with van der Waals surface area (Å²) in [6, 6.07) is 5.59. The van der Waals surface area contributed by atoms with Crippen LogP contribution >= 0.6 is 0 Å². The molecule has 0 atom stereocenters. The Labute approximate surface area is 110 Å². The van der Waals surface area contributed by atoms with Crippen molar-refractivity contribution < 1.29 is 9.21 Å². The van der Waals surface area contributed by atoms with Gasteiger partial charge >= 0.3 is 5.76 Å². The van der Waals surface area contributed by atoms with Crippen LogP contribution in [0, 0.1) is 5.92 Å². The van der Waals surface area contributed by atoms with E-state index in [0.29, 0.717) is 17.6 Å². The molecule has 2 N–H and O–H groups in total. The van der Waals surface area contributed by atoms with Gasteiger partial charge in [-0.05, 0) is 37.0 Å². The van der Waals surface area contributed by atoms with Crippen LogP contribution in [0.2, 0.25) is 0 Å². The first-order valence-corrected chi connectivity index (χ1v) is 6.62.